The number of carboxylic acid groups (broad SMARTS) is 1. The zero-order chi connectivity index (χ0) is 37.1. The SMILES string of the molecule is CC(C)C[C@H](CC(=O)[C@H](Cc1ccc(Br)cc1)NC(=O)[C@@H]1CC=CCCC(=O)N[C@@H](CCCCN)C(=O)N[C@@H](CCCCN)C(=O)N1)C(=O)O. The second-order valence-corrected chi connectivity index (χ2v) is 14.2. The number of unbranched alkanes of at least 4 members (excludes halogenated alkanes) is 2. The average Bonchev–Trinajstić information content (AvgIpc) is 3.06. The first-order valence-electron chi connectivity index (χ1n) is 17.6. The Labute approximate surface area is 303 Å². The van der Waals surface area contributed by atoms with E-state index in [2.05, 4.69) is 37.2 Å². The highest BCUT2D eigenvalue weighted by Crippen LogP contribution is 2.19. The van der Waals surface area contributed by atoms with Gasteiger partial charge < -0.3 is 37.8 Å². The monoisotopic (exact) mass is 762 g/mol. The molecule has 1 aliphatic rings. The zero-order valence-electron chi connectivity index (χ0n) is 29.3. The second kappa shape index (κ2) is 23.0. The largest absolute Gasteiger partial charge is 0.481 e. The Balaban J connectivity index is 2.39. The number of benzene rings is 1. The first-order valence-corrected chi connectivity index (χ1v) is 18.4. The molecule has 278 valence electrons. The molecule has 9 N–H and O–H groups in total. The van der Waals surface area contributed by atoms with Crippen LogP contribution in [-0.2, 0) is 35.2 Å². The van der Waals surface area contributed by atoms with Crippen molar-refractivity contribution in [3.8, 4) is 0 Å². The van der Waals surface area contributed by atoms with E-state index in [0.29, 0.717) is 58.0 Å². The van der Waals surface area contributed by atoms with Crippen LogP contribution in [0.25, 0.3) is 0 Å². The van der Waals surface area contributed by atoms with Gasteiger partial charge in [0, 0.05) is 17.3 Å². The van der Waals surface area contributed by atoms with E-state index < -0.39 is 59.6 Å². The third-order valence-corrected chi connectivity index (χ3v) is 9.03. The Morgan fingerprint density at radius 1 is 0.900 bits per heavy atom. The number of carbonyl (C=O) groups is 6. The van der Waals surface area contributed by atoms with E-state index in [0.717, 1.165) is 10.0 Å². The lowest BCUT2D eigenvalue weighted by Gasteiger charge is -2.27. The maximum atomic E-state index is 13.9. The van der Waals surface area contributed by atoms with Gasteiger partial charge in [-0.25, -0.2) is 0 Å². The molecule has 0 bridgehead atoms. The lowest BCUT2D eigenvalue weighted by atomic mass is 9.89. The minimum absolute atomic E-state index is 0.0423. The molecule has 14 heteroatoms. The van der Waals surface area contributed by atoms with Crippen molar-refractivity contribution in [3.63, 3.8) is 0 Å². The van der Waals surface area contributed by atoms with Crippen LogP contribution in [0.4, 0.5) is 0 Å². The van der Waals surface area contributed by atoms with Gasteiger partial charge in [0.15, 0.2) is 5.78 Å². The predicted octanol–water partition coefficient (Wildman–Crippen LogP) is 2.64. The Morgan fingerprint density at radius 2 is 1.50 bits per heavy atom. The molecule has 5 atom stereocenters. The number of nitrogens with one attached hydrogen (secondary N) is 4. The summed E-state index contributed by atoms with van der Waals surface area (Å²) >= 11 is 3.40. The van der Waals surface area contributed by atoms with Crippen LogP contribution < -0.4 is 32.7 Å². The molecule has 0 unspecified atom stereocenters. The van der Waals surface area contributed by atoms with Gasteiger partial charge in [-0.1, -0.05) is 54.1 Å². The van der Waals surface area contributed by atoms with E-state index >= 15 is 0 Å². The molecule has 2 rings (SSSR count). The first-order chi connectivity index (χ1) is 23.8. The summed E-state index contributed by atoms with van der Waals surface area (Å²) in [4.78, 5) is 79.5. The Morgan fingerprint density at radius 3 is 2.08 bits per heavy atom. The molecule has 50 heavy (non-hydrogen) atoms. The summed E-state index contributed by atoms with van der Waals surface area (Å²) in [6.45, 7) is 4.59. The fourth-order valence-corrected chi connectivity index (χ4v) is 5.99. The van der Waals surface area contributed by atoms with Gasteiger partial charge in [-0.3, -0.25) is 28.8 Å². The Hall–Kier alpha value is -3.62. The minimum atomic E-state index is -1.13. The number of nitrogens with two attached hydrogens (primary N) is 2. The van der Waals surface area contributed by atoms with Gasteiger partial charge in [-0.05, 0) is 101 Å². The summed E-state index contributed by atoms with van der Waals surface area (Å²) < 4.78 is 0.831. The van der Waals surface area contributed by atoms with Gasteiger partial charge in [-0.2, -0.15) is 0 Å². The average molecular weight is 764 g/mol. The fourth-order valence-electron chi connectivity index (χ4n) is 5.73. The molecule has 1 aliphatic heterocycles. The summed E-state index contributed by atoms with van der Waals surface area (Å²) in [6, 6.07) is 3.16. The maximum Gasteiger partial charge on any atom is 0.306 e. The lowest BCUT2D eigenvalue weighted by molar-refractivity contribution is -0.144. The Kier molecular flexibility index (Phi) is 19.5. The smallest absolute Gasteiger partial charge is 0.306 e. The summed E-state index contributed by atoms with van der Waals surface area (Å²) in [7, 11) is 0. The van der Waals surface area contributed by atoms with Gasteiger partial charge in [0.05, 0.1) is 12.0 Å². The number of amides is 4. The predicted molar refractivity (Wildman–Crippen MR) is 195 cm³/mol. The summed E-state index contributed by atoms with van der Waals surface area (Å²) in [5.41, 5.74) is 12.1. The molecule has 0 aromatic heterocycles. The summed E-state index contributed by atoms with van der Waals surface area (Å²) in [5, 5.41) is 21.0. The van der Waals surface area contributed by atoms with E-state index in [9.17, 15) is 33.9 Å². The molecule has 4 amide bonds. The third-order valence-electron chi connectivity index (χ3n) is 8.50. The van der Waals surface area contributed by atoms with Gasteiger partial charge in [-0.15, -0.1) is 0 Å². The van der Waals surface area contributed by atoms with E-state index in [-0.39, 0.29) is 43.9 Å². The van der Waals surface area contributed by atoms with Crippen molar-refractivity contribution in [1.29, 1.82) is 0 Å². The first kappa shape index (κ1) is 42.5. The number of Topliss-reactive ketones (excluding diaryl/α,β-unsaturated/α-hetero) is 1. The minimum Gasteiger partial charge on any atom is -0.481 e. The van der Waals surface area contributed by atoms with Gasteiger partial charge >= 0.3 is 5.97 Å². The number of rotatable bonds is 18. The number of carboxylic acids is 1. The quantitative estimate of drug-likeness (QED) is 0.0862. The highest BCUT2D eigenvalue weighted by atomic mass is 79.9. The van der Waals surface area contributed by atoms with Crippen molar-refractivity contribution >= 4 is 51.3 Å². The number of aliphatic carboxylic acids is 1. The molecule has 1 aromatic rings. The standard InChI is InChI=1S/C36H55BrN6O7/c1-23(2)20-25(36(49)50)22-31(44)30(21-24-14-16-26(37)17-15-24)43-35(48)28-10-4-3-5-13-32(45)40-27(11-6-8-18-38)33(46)41-29(34(47)42-28)12-7-9-19-39/h3-4,14-17,23,25,27-30H,5-13,18-22,38-39H2,1-2H3,(H,40,45)(H,41,46)(H,42,47)(H,43,48)(H,49,50)/t25-,27+,28+,29+,30+/m1/s1. The normalized spacial score (nSPS) is 20.2. The van der Waals surface area contributed by atoms with Crippen LogP contribution in [0.15, 0.2) is 40.9 Å². The summed E-state index contributed by atoms with van der Waals surface area (Å²) in [6.07, 6.45) is 7.07. The van der Waals surface area contributed by atoms with Crippen molar-refractivity contribution in [2.45, 2.75) is 115 Å². The molecule has 1 heterocycles. The fraction of sp³-hybridized carbons (Fsp3) is 0.611. The van der Waals surface area contributed by atoms with E-state index in [1.807, 2.05) is 26.0 Å². The van der Waals surface area contributed by atoms with E-state index in [1.54, 1.807) is 24.3 Å². The lowest BCUT2D eigenvalue weighted by Crippen LogP contribution is -2.58. The van der Waals surface area contributed by atoms with E-state index in [4.69, 9.17) is 11.5 Å². The number of hydrogen-bond acceptors (Lipinski definition) is 8. The van der Waals surface area contributed by atoms with Crippen LogP contribution in [0.3, 0.4) is 0 Å². The van der Waals surface area contributed by atoms with Gasteiger partial charge in [0.2, 0.25) is 23.6 Å². The number of hydrogen-bond donors (Lipinski definition) is 7. The van der Waals surface area contributed by atoms with Crippen molar-refractivity contribution in [1.82, 2.24) is 21.3 Å². The van der Waals surface area contributed by atoms with Crippen LogP contribution in [0, 0.1) is 11.8 Å². The van der Waals surface area contributed by atoms with Gasteiger partial charge in [0.25, 0.3) is 0 Å². The highest BCUT2D eigenvalue weighted by Gasteiger charge is 2.32. The van der Waals surface area contributed by atoms with Crippen LogP contribution >= 0.6 is 15.9 Å². The molecule has 0 radical (unpaired) electrons. The number of halogens is 1. The van der Waals surface area contributed by atoms with Crippen molar-refractivity contribution in [3.05, 3.63) is 46.5 Å². The van der Waals surface area contributed by atoms with Crippen LogP contribution in [0.5, 0.6) is 0 Å². The molecule has 13 nitrogen and oxygen atoms in total. The molecule has 0 saturated carbocycles. The van der Waals surface area contributed by atoms with Crippen LogP contribution in [0.2, 0.25) is 0 Å². The zero-order valence-corrected chi connectivity index (χ0v) is 30.8. The molecular weight excluding hydrogens is 708 g/mol. The number of allylic oxidation sites excluding steroid dienone is 1. The van der Waals surface area contributed by atoms with Crippen LogP contribution in [0.1, 0.15) is 90.0 Å². The highest BCUT2D eigenvalue weighted by molar-refractivity contribution is 9.10. The van der Waals surface area contributed by atoms with Gasteiger partial charge in [0.1, 0.15) is 18.1 Å². The summed E-state index contributed by atoms with van der Waals surface area (Å²) in [5.74, 6) is -4.44. The van der Waals surface area contributed by atoms with E-state index in [1.165, 1.54) is 0 Å². The number of carbonyl (C=O) groups excluding carboxylic acids is 5. The molecule has 0 fully saturated rings. The third kappa shape index (κ3) is 15.9. The van der Waals surface area contributed by atoms with Crippen LogP contribution in [-0.4, -0.2) is 77.7 Å². The topological polar surface area (TPSA) is 223 Å². The molecule has 0 aliphatic carbocycles. The molecule has 1 aromatic carbocycles. The second-order valence-electron chi connectivity index (χ2n) is 13.3. The van der Waals surface area contributed by atoms with Crippen molar-refractivity contribution in [2.24, 2.45) is 23.3 Å². The van der Waals surface area contributed by atoms with Crippen molar-refractivity contribution < 1.29 is 33.9 Å². The number of ketones is 1. The van der Waals surface area contributed by atoms with Crippen molar-refractivity contribution in [2.75, 3.05) is 13.1 Å². The molecule has 0 spiro atoms. The molecular formula is C36H55BrN6O7. The molecule has 0 saturated heterocycles. The Bertz CT molecular complexity index is 1310. The maximum absolute atomic E-state index is 13.9.